The van der Waals surface area contributed by atoms with E-state index in [1.807, 2.05) is 6.20 Å². The molecule has 1 aliphatic heterocycles. The first-order chi connectivity index (χ1) is 9.67. The van der Waals surface area contributed by atoms with E-state index in [9.17, 15) is 0 Å². The quantitative estimate of drug-likeness (QED) is 0.883. The van der Waals surface area contributed by atoms with E-state index in [1.165, 1.54) is 37.2 Å². The van der Waals surface area contributed by atoms with Gasteiger partial charge in [-0.15, -0.1) is 0 Å². The molecule has 2 rings (SSSR count). The number of hydrogen-bond acceptors (Lipinski definition) is 3. The molecule has 1 N–H and O–H groups in total. The number of rotatable bonds is 5. The fourth-order valence-corrected chi connectivity index (χ4v) is 2.57. The van der Waals surface area contributed by atoms with Gasteiger partial charge in [-0.3, -0.25) is 4.90 Å². The van der Waals surface area contributed by atoms with Crippen molar-refractivity contribution in [3.8, 4) is 0 Å². The van der Waals surface area contributed by atoms with Gasteiger partial charge in [-0.25, -0.2) is 4.98 Å². The number of anilines is 1. The summed E-state index contributed by atoms with van der Waals surface area (Å²) < 4.78 is 0. The first-order valence-electron chi connectivity index (χ1n) is 7.78. The fourth-order valence-electron chi connectivity index (χ4n) is 2.57. The Morgan fingerprint density at radius 1 is 1.40 bits per heavy atom. The van der Waals surface area contributed by atoms with Crippen LogP contribution in [-0.4, -0.2) is 29.5 Å². The average molecular weight is 273 g/mol. The third-order valence-corrected chi connectivity index (χ3v) is 3.92. The molecule has 0 unspecified atom stereocenters. The molecule has 0 spiro atoms. The molecule has 2 heterocycles. The van der Waals surface area contributed by atoms with Gasteiger partial charge in [0.25, 0.3) is 0 Å². The van der Waals surface area contributed by atoms with Crippen LogP contribution in [-0.2, 0) is 0 Å². The van der Waals surface area contributed by atoms with Crippen molar-refractivity contribution < 1.29 is 0 Å². The standard InChI is InChI=1S/C17H27N3/c1-4-5-16(13-20-10-8-14(2)9-11-20)19-17-7-6-15(3)12-18-17/h5-7,12,14H,4,8-11,13H2,1-3H3,(H,18,19)/b16-5+. The maximum Gasteiger partial charge on any atom is 0.130 e. The number of pyridine rings is 1. The number of aromatic nitrogens is 1. The van der Waals surface area contributed by atoms with Crippen LogP contribution < -0.4 is 5.32 Å². The normalized spacial score (nSPS) is 18.2. The molecule has 0 atom stereocenters. The van der Waals surface area contributed by atoms with Crippen molar-refractivity contribution in [2.75, 3.05) is 25.0 Å². The van der Waals surface area contributed by atoms with E-state index >= 15 is 0 Å². The summed E-state index contributed by atoms with van der Waals surface area (Å²) in [6.07, 6.45) is 7.89. The highest BCUT2D eigenvalue weighted by molar-refractivity contribution is 5.42. The van der Waals surface area contributed by atoms with Crippen molar-refractivity contribution in [2.24, 2.45) is 5.92 Å². The van der Waals surface area contributed by atoms with Gasteiger partial charge in [-0.05, 0) is 56.8 Å². The van der Waals surface area contributed by atoms with Crippen LogP contribution in [0.2, 0.25) is 0 Å². The summed E-state index contributed by atoms with van der Waals surface area (Å²) in [5.41, 5.74) is 2.47. The molecular weight excluding hydrogens is 246 g/mol. The molecule has 0 aliphatic carbocycles. The fraction of sp³-hybridized carbons (Fsp3) is 0.588. The molecule has 1 aromatic rings. The molecule has 0 radical (unpaired) electrons. The minimum absolute atomic E-state index is 0.886. The van der Waals surface area contributed by atoms with E-state index < -0.39 is 0 Å². The summed E-state index contributed by atoms with van der Waals surface area (Å²) >= 11 is 0. The average Bonchev–Trinajstić information content (AvgIpc) is 2.44. The van der Waals surface area contributed by atoms with Crippen molar-refractivity contribution in [3.63, 3.8) is 0 Å². The van der Waals surface area contributed by atoms with Crippen LogP contribution in [0, 0.1) is 12.8 Å². The molecule has 0 saturated carbocycles. The minimum Gasteiger partial charge on any atom is -0.343 e. The van der Waals surface area contributed by atoms with E-state index in [1.54, 1.807) is 0 Å². The summed E-state index contributed by atoms with van der Waals surface area (Å²) in [6.45, 7) is 10.0. The van der Waals surface area contributed by atoms with Gasteiger partial charge in [0, 0.05) is 18.4 Å². The zero-order chi connectivity index (χ0) is 14.4. The Labute approximate surface area is 123 Å². The van der Waals surface area contributed by atoms with Gasteiger partial charge in [0.1, 0.15) is 5.82 Å². The lowest BCUT2D eigenvalue weighted by Crippen LogP contribution is -2.35. The van der Waals surface area contributed by atoms with Crippen LogP contribution in [0.4, 0.5) is 5.82 Å². The van der Waals surface area contributed by atoms with Crippen molar-refractivity contribution in [1.82, 2.24) is 9.88 Å². The highest BCUT2D eigenvalue weighted by Gasteiger charge is 2.16. The van der Waals surface area contributed by atoms with Gasteiger partial charge in [0.2, 0.25) is 0 Å². The topological polar surface area (TPSA) is 28.2 Å². The number of piperidine rings is 1. The van der Waals surface area contributed by atoms with Gasteiger partial charge >= 0.3 is 0 Å². The van der Waals surface area contributed by atoms with Gasteiger partial charge in [-0.1, -0.05) is 26.0 Å². The van der Waals surface area contributed by atoms with Gasteiger partial charge < -0.3 is 5.32 Å². The van der Waals surface area contributed by atoms with Crippen molar-refractivity contribution in [3.05, 3.63) is 35.7 Å². The first kappa shape index (κ1) is 15.0. The number of nitrogens with zero attached hydrogens (tertiary/aromatic N) is 2. The second-order valence-electron chi connectivity index (χ2n) is 5.94. The van der Waals surface area contributed by atoms with E-state index in [0.717, 1.165) is 24.7 Å². The van der Waals surface area contributed by atoms with Gasteiger partial charge in [0.05, 0.1) is 0 Å². The van der Waals surface area contributed by atoms with Gasteiger partial charge in [0.15, 0.2) is 0 Å². The predicted octanol–water partition coefficient (Wildman–Crippen LogP) is 3.83. The van der Waals surface area contributed by atoms with E-state index in [2.05, 4.69) is 54.2 Å². The molecule has 110 valence electrons. The van der Waals surface area contributed by atoms with Crippen LogP contribution in [0.5, 0.6) is 0 Å². The number of aryl methyl sites for hydroxylation is 1. The summed E-state index contributed by atoms with van der Waals surface area (Å²) in [6, 6.07) is 4.15. The molecule has 1 aromatic heterocycles. The smallest absolute Gasteiger partial charge is 0.130 e. The monoisotopic (exact) mass is 273 g/mol. The highest BCUT2D eigenvalue weighted by atomic mass is 15.2. The van der Waals surface area contributed by atoms with E-state index in [0.29, 0.717) is 0 Å². The molecule has 0 bridgehead atoms. The van der Waals surface area contributed by atoms with Gasteiger partial charge in [-0.2, -0.15) is 0 Å². The molecule has 1 fully saturated rings. The Bertz CT molecular complexity index is 428. The van der Waals surface area contributed by atoms with Crippen LogP contribution in [0.25, 0.3) is 0 Å². The number of nitrogens with one attached hydrogen (secondary N) is 1. The SMILES string of the molecule is CC/C=C(\CN1CCC(C)CC1)Nc1ccc(C)cn1. The second-order valence-corrected chi connectivity index (χ2v) is 5.94. The molecule has 20 heavy (non-hydrogen) atoms. The van der Waals surface area contributed by atoms with Crippen LogP contribution in [0.15, 0.2) is 30.1 Å². The lowest BCUT2D eigenvalue weighted by molar-refractivity contribution is 0.206. The Hall–Kier alpha value is -1.35. The summed E-state index contributed by atoms with van der Waals surface area (Å²) in [5.74, 6) is 1.83. The zero-order valence-electron chi connectivity index (χ0n) is 13.0. The highest BCUT2D eigenvalue weighted by Crippen LogP contribution is 2.17. The Balaban J connectivity index is 1.93. The number of allylic oxidation sites excluding steroid dienone is 1. The first-order valence-corrected chi connectivity index (χ1v) is 7.78. The van der Waals surface area contributed by atoms with Crippen LogP contribution in [0.3, 0.4) is 0 Å². The summed E-state index contributed by atoms with van der Waals surface area (Å²) in [7, 11) is 0. The second kappa shape index (κ2) is 7.44. The molecule has 0 aromatic carbocycles. The maximum atomic E-state index is 4.44. The molecule has 0 amide bonds. The Kier molecular flexibility index (Phi) is 5.60. The number of likely N-dealkylation sites (tertiary alicyclic amines) is 1. The third-order valence-electron chi connectivity index (χ3n) is 3.92. The van der Waals surface area contributed by atoms with Crippen LogP contribution >= 0.6 is 0 Å². The molecule has 3 nitrogen and oxygen atoms in total. The van der Waals surface area contributed by atoms with Crippen molar-refractivity contribution >= 4 is 5.82 Å². The van der Waals surface area contributed by atoms with E-state index in [4.69, 9.17) is 0 Å². The Morgan fingerprint density at radius 3 is 2.75 bits per heavy atom. The molecule has 1 saturated heterocycles. The third kappa shape index (κ3) is 4.64. The van der Waals surface area contributed by atoms with E-state index in [-0.39, 0.29) is 0 Å². The molecule has 1 aliphatic rings. The molecule has 3 heteroatoms. The Morgan fingerprint density at radius 2 is 2.15 bits per heavy atom. The molecular formula is C17H27N3. The predicted molar refractivity (Wildman–Crippen MR) is 85.8 cm³/mol. The lowest BCUT2D eigenvalue weighted by atomic mass is 9.99. The minimum atomic E-state index is 0.886. The van der Waals surface area contributed by atoms with Crippen molar-refractivity contribution in [1.29, 1.82) is 0 Å². The summed E-state index contributed by atoms with van der Waals surface area (Å²) in [5, 5.41) is 3.47. The number of hydrogen-bond donors (Lipinski definition) is 1. The maximum absolute atomic E-state index is 4.44. The zero-order valence-corrected chi connectivity index (χ0v) is 13.0. The summed E-state index contributed by atoms with van der Waals surface area (Å²) in [4.78, 5) is 6.98. The van der Waals surface area contributed by atoms with Crippen LogP contribution in [0.1, 0.15) is 38.7 Å². The lowest BCUT2D eigenvalue weighted by Gasteiger charge is -2.31. The largest absolute Gasteiger partial charge is 0.343 e. The van der Waals surface area contributed by atoms with Crippen molar-refractivity contribution in [2.45, 2.75) is 40.0 Å².